The van der Waals surface area contributed by atoms with Crippen molar-refractivity contribution in [2.75, 3.05) is 33.2 Å². The van der Waals surface area contributed by atoms with Crippen molar-refractivity contribution in [2.24, 2.45) is 5.10 Å². The third kappa shape index (κ3) is 3.62. The number of aromatic nitrogens is 2. The third-order valence-electron chi connectivity index (χ3n) is 4.86. The van der Waals surface area contributed by atoms with Crippen LogP contribution in [0.1, 0.15) is 18.5 Å². The number of hydrogen-bond donors (Lipinski definition) is 0. The predicted octanol–water partition coefficient (Wildman–Crippen LogP) is 0.00840. The number of rotatable bonds is 3. The van der Waals surface area contributed by atoms with Gasteiger partial charge in [0.2, 0.25) is 5.91 Å². The van der Waals surface area contributed by atoms with E-state index in [1.165, 1.54) is 20.7 Å². The largest absolute Gasteiger partial charge is 0.335 e. The molecule has 9 nitrogen and oxygen atoms in total. The standard InChI is InChI=1S/C17H20N6O3S/c1-20-14(24)3-2-13(19-20)16(26)22-6-4-21(5-7-22)11-12-10-15(25)23-8-9-27-17(23)18-12/h8-10H,2-7,11H2,1H3. The number of thiazole rings is 1. The van der Waals surface area contributed by atoms with Crippen LogP contribution in [0.25, 0.3) is 4.96 Å². The number of carbonyl (C=O) groups excluding carboxylic acids is 2. The maximum absolute atomic E-state index is 12.6. The Kier molecular flexibility index (Phi) is 4.75. The number of nitrogens with zero attached hydrogens (tertiary/aromatic N) is 6. The van der Waals surface area contributed by atoms with E-state index in [2.05, 4.69) is 15.0 Å². The van der Waals surface area contributed by atoms with Crippen LogP contribution in [-0.4, -0.2) is 74.9 Å². The highest BCUT2D eigenvalue weighted by Crippen LogP contribution is 2.13. The van der Waals surface area contributed by atoms with Gasteiger partial charge in [0, 0.05) is 70.3 Å². The second kappa shape index (κ2) is 7.20. The Morgan fingerprint density at radius 3 is 2.70 bits per heavy atom. The molecule has 2 aliphatic rings. The van der Waals surface area contributed by atoms with Gasteiger partial charge in [-0.25, -0.2) is 9.99 Å². The van der Waals surface area contributed by atoms with Gasteiger partial charge in [0.1, 0.15) is 5.71 Å². The lowest BCUT2D eigenvalue weighted by molar-refractivity contribution is -0.131. The van der Waals surface area contributed by atoms with E-state index in [-0.39, 0.29) is 17.4 Å². The lowest BCUT2D eigenvalue weighted by Crippen LogP contribution is -2.51. The monoisotopic (exact) mass is 388 g/mol. The van der Waals surface area contributed by atoms with Crippen molar-refractivity contribution < 1.29 is 9.59 Å². The lowest BCUT2D eigenvalue weighted by Gasteiger charge is -2.35. The van der Waals surface area contributed by atoms with Crippen molar-refractivity contribution in [3.8, 4) is 0 Å². The third-order valence-corrected chi connectivity index (χ3v) is 5.61. The number of piperazine rings is 1. The number of fused-ring (bicyclic) bond motifs is 1. The van der Waals surface area contributed by atoms with Crippen LogP contribution in [-0.2, 0) is 16.1 Å². The van der Waals surface area contributed by atoms with Crippen molar-refractivity contribution >= 4 is 33.8 Å². The average molecular weight is 388 g/mol. The Balaban J connectivity index is 1.37. The summed E-state index contributed by atoms with van der Waals surface area (Å²) >= 11 is 1.44. The molecule has 4 heterocycles. The average Bonchev–Trinajstić information content (AvgIpc) is 3.13. The van der Waals surface area contributed by atoms with Crippen LogP contribution in [0.5, 0.6) is 0 Å². The molecule has 1 saturated heterocycles. The fourth-order valence-corrected chi connectivity index (χ4v) is 4.05. The van der Waals surface area contributed by atoms with E-state index in [0.717, 1.165) is 5.69 Å². The fraction of sp³-hybridized carbons (Fsp3) is 0.471. The summed E-state index contributed by atoms with van der Waals surface area (Å²) in [7, 11) is 1.58. The highest BCUT2D eigenvalue weighted by molar-refractivity contribution is 7.15. The first-order valence-corrected chi connectivity index (χ1v) is 9.70. The van der Waals surface area contributed by atoms with Gasteiger partial charge in [-0.15, -0.1) is 11.3 Å². The molecular weight excluding hydrogens is 368 g/mol. The molecule has 4 rings (SSSR count). The molecule has 142 valence electrons. The Hall–Kier alpha value is -2.59. The molecule has 1 fully saturated rings. The molecule has 0 unspecified atom stereocenters. The number of hydrogen-bond acceptors (Lipinski definition) is 7. The van der Waals surface area contributed by atoms with Crippen LogP contribution in [0.4, 0.5) is 0 Å². The SMILES string of the molecule is CN1N=C(C(=O)N2CCN(Cc3cc(=O)n4ccsc4n3)CC2)CCC1=O. The molecule has 0 spiro atoms. The van der Waals surface area contributed by atoms with Crippen LogP contribution >= 0.6 is 11.3 Å². The number of hydrazone groups is 1. The van der Waals surface area contributed by atoms with Gasteiger partial charge in [-0.2, -0.15) is 5.10 Å². The van der Waals surface area contributed by atoms with Gasteiger partial charge in [0.25, 0.3) is 11.5 Å². The van der Waals surface area contributed by atoms with E-state index in [4.69, 9.17) is 0 Å². The Bertz CT molecular complexity index is 972. The summed E-state index contributed by atoms with van der Waals surface area (Å²) in [6.07, 6.45) is 2.45. The minimum absolute atomic E-state index is 0.0671. The van der Waals surface area contributed by atoms with Crippen molar-refractivity contribution in [3.05, 3.63) is 33.7 Å². The molecule has 0 aliphatic carbocycles. The minimum atomic E-state index is -0.0922. The zero-order valence-electron chi connectivity index (χ0n) is 15.0. The molecule has 10 heteroatoms. The molecule has 0 saturated carbocycles. The first-order valence-electron chi connectivity index (χ1n) is 8.83. The zero-order chi connectivity index (χ0) is 19.0. The molecule has 0 bridgehead atoms. The van der Waals surface area contributed by atoms with E-state index in [9.17, 15) is 14.4 Å². The molecular formula is C17H20N6O3S. The zero-order valence-corrected chi connectivity index (χ0v) is 15.8. The molecule has 2 aromatic heterocycles. The summed E-state index contributed by atoms with van der Waals surface area (Å²) < 4.78 is 1.54. The van der Waals surface area contributed by atoms with Crippen molar-refractivity contribution in [3.63, 3.8) is 0 Å². The quantitative estimate of drug-likeness (QED) is 0.739. The van der Waals surface area contributed by atoms with Gasteiger partial charge in [-0.1, -0.05) is 0 Å². The number of carbonyl (C=O) groups is 2. The van der Waals surface area contributed by atoms with Gasteiger partial charge in [0.15, 0.2) is 4.96 Å². The van der Waals surface area contributed by atoms with Crippen LogP contribution < -0.4 is 5.56 Å². The Morgan fingerprint density at radius 1 is 1.19 bits per heavy atom. The van der Waals surface area contributed by atoms with Gasteiger partial charge in [-0.3, -0.25) is 23.7 Å². The van der Waals surface area contributed by atoms with Crippen molar-refractivity contribution in [1.29, 1.82) is 0 Å². The topological polar surface area (TPSA) is 90.6 Å². The van der Waals surface area contributed by atoms with E-state index >= 15 is 0 Å². The Labute approximate surface area is 159 Å². The predicted molar refractivity (Wildman–Crippen MR) is 101 cm³/mol. The summed E-state index contributed by atoms with van der Waals surface area (Å²) in [5.74, 6) is -0.159. The van der Waals surface area contributed by atoms with Crippen LogP contribution in [0.15, 0.2) is 27.5 Å². The summed E-state index contributed by atoms with van der Waals surface area (Å²) in [6, 6.07) is 1.57. The Morgan fingerprint density at radius 2 is 1.96 bits per heavy atom. The highest BCUT2D eigenvalue weighted by atomic mass is 32.1. The van der Waals surface area contributed by atoms with Gasteiger partial charge >= 0.3 is 0 Å². The molecule has 2 amide bonds. The summed E-state index contributed by atoms with van der Waals surface area (Å²) in [6.45, 7) is 3.19. The van der Waals surface area contributed by atoms with E-state index in [1.807, 2.05) is 5.38 Å². The molecule has 0 radical (unpaired) electrons. The molecule has 0 atom stereocenters. The molecule has 0 aromatic carbocycles. The molecule has 2 aromatic rings. The first kappa shape index (κ1) is 17.8. The number of amides is 2. The van der Waals surface area contributed by atoms with Crippen molar-refractivity contribution in [1.82, 2.24) is 24.2 Å². The van der Waals surface area contributed by atoms with E-state index < -0.39 is 0 Å². The second-order valence-corrected chi connectivity index (χ2v) is 7.55. The van der Waals surface area contributed by atoms with Gasteiger partial charge in [0.05, 0.1) is 5.69 Å². The summed E-state index contributed by atoms with van der Waals surface area (Å²) in [4.78, 5) is 45.4. The summed E-state index contributed by atoms with van der Waals surface area (Å²) in [5, 5.41) is 7.20. The van der Waals surface area contributed by atoms with Crippen LogP contribution in [0.3, 0.4) is 0 Å². The maximum Gasteiger partial charge on any atom is 0.270 e. The molecule has 0 N–H and O–H groups in total. The fourth-order valence-electron chi connectivity index (χ4n) is 3.31. The van der Waals surface area contributed by atoms with E-state index in [1.54, 1.807) is 24.2 Å². The first-order chi connectivity index (χ1) is 13.0. The van der Waals surface area contributed by atoms with Crippen molar-refractivity contribution in [2.45, 2.75) is 19.4 Å². The highest BCUT2D eigenvalue weighted by Gasteiger charge is 2.28. The summed E-state index contributed by atoms with van der Waals surface area (Å²) in [5.41, 5.74) is 1.13. The molecule has 27 heavy (non-hydrogen) atoms. The second-order valence-electron chi connectivity index (χ2n) is 6.67. The van der Waals surface area contributed by atoms with Crippen LogP contribution in [0, 0.1) is 0 Å². The van der Waals surface area contributed by atoms with Gasteiger partial charge < -0.3 is 4.90 Å². The minimum Gasteiger partial charge on any atom is -0.335 e. The van der Waals surface area contributed by atoms with Gasteiger partial charge in [-0.05, 0) is 0 Å². The normalized spacial score (nSPS) is 18.9. The lowest BCUT2D eigenvalue weighted by atomic mass is 10.1. The molecule has 2 aliphatic heterocycles. The van der Waals surface area contributed by atoms with E-state index in [0.29, 0.717) is 56.2 Å². The smallest absolute Gasteiger partial charge is 0.270 e. The maximum atomic E-state index is 12.6. The van der Waals surface area contributed by atoms with Crippen LogP contribution in [0.2, 0.25) is 0 Å².